The highest BCUT2D eigenvalue weighted by Gasteiger charge is 2.51. The fraction of sp³-hybridized carbons (Fsp3) is 0.261. The molecule has 0 saturated carbocycles. The second-order valence-corrected chi connectivity index (χ2v) is 7.07. The van der Waals surface area contributed by atoms with E-state index in [1.54, 1.807) is 30.3 Å². The van der Waals surface area contributed by atoms with Gasteiger partial charge >= 0.3 is 0 Å². The van der Waals surface area contributed by atoms with Gasteiger partial charge in [0.15, 0.2) is 0 Å². The van der Waals surface area contributed by atoms with Crippen LogP contribution in [-0.2, 0) is 15.3 Å². The molecule has 1 aliphatic rings. The Kier molecular flexibility index (Phi) is 4.60. The number of rotatable bonds is 4. The minimum absolute atomic E-state index is 0.122. The van der Waals surface area contributed by atoms with Crippen molar-refractivity contribution in [2.24, 2.45) is 0 Å². The Labute approximate surface area is 173 Å². The molecule has 156 valence electrons. The number of phenols is 2. The van der Waals surface area contributed by atoms with E-state index >= 15 is 0 Å². The second kappa shape index (κ2) is 6.90. The van der Waals surface area contributed by atoms with Crippen molar-refractivity contribution in [1.82, 2.24) is 0 Å². The zero-order chi connectivity index (χ0) is 21.8. The smallest absolute Gasteiger partial charge is 0.261 e. The van der Waals surface area contributed by atoms with E-state index in [0.717, 1.165) is 5.56 Å². The standard InChI is InChI=1S/C23H22O7/c1-11-9-13-17(15(10-11)28-3)18-19(22(26)23(13,29-4)30-5)21(25)16-12(20(18)24)7-6-8-14(16)27-2/h6-10,24-25H,1-5H3. The Morgan fingerprint density at radius 3 is 2.10 bits per heavy atom. The lowest BCUT2D eigenvalue weighted by atomic mass is 9.77. The highest BCUT2D eigenvalue weighted by atomic mass is 16.7. The van der Waals surface area contributed by atoms with Crippen LogP contribution in [0.15, 0.2) is 30.3 Å². The molecule has 3 aromatic rings. The van der Waals surface area contributed by atoms with Crippen LogP contribution >= 0.6 is 0 Å². The van der Waals surface area contributed by atoms with Crippen molar-refractivity contribution < 1.29 is 34.0 Å². The van der Waals surface area contributed by atoms with Gasteiger partial charge in [-0.25, -0.2) is 0 Å². The molecular formula is C23H22O7. The number of benzene rings is 3. The van der Waals surface area contributed by atoms with Crippen molar-refractivity contribution in [3.63, 3.8) is 0 Å². The number of methoxy groups -OCH3 is 4. The van der Waals surface area contributed by atoms with Gasteiger partial charge in [-0.15, -0.1) is 0 Å². The van der Waals surface area contributed by atoms with Crippen LogP contribution in [0.5, 0.6) is 23.0 Å². The van der Waals surface area contributed by atoms with Crippen LogP contribution in [0.2, 0.25) is 0 Å². The Hall–Kier alpha value is -3.29. The lowest BCUT2D eigenvalue weighted by Gasteiger charge is -2.37. The van der Waals surface area contributed by atoms with Gasteiger partial charge in [0.25, 0.3) is 5.79 Å². The van der Waals surface area contributed by atoms with E-state index in [9.17, 15) is 15.0 Å². The number of carbonyl (C=O) groups excluding carboxylic acids is 1. The predicted molar refractivity (Wildman–Crippen MR) is 111 cm³/mol. The third-order valence-electron chi connectivity index (χ3n) is 5.63. The summed E-state index contributed by atoms with van der Waals surface area (Å²) in [5, 5.41) is 23.0. The average Bonchev–Trinajstić information content (AvgIpc) is 2.76. The zero-order valence-corrected chi connectivity index (χ0v) is 17.3. The summed E-state index contributed by atoms with van der Waals surface area (Å²) >= 11 is 0. The maximum absolute atomic E-state index is 13.7. The number of ether oxygens (including phenoxy) is 4. The van der Waals surface area contributed by atoms with Crippen molar-refractivity contribution in [2.45, 2.75) is 12.7 Å². The number of carbonyl (C=O) groups is 1. The first-order valence-corrected chi connectivity index (χ1v) is 9.25. The maximum atomic E-state index is 13.7. The quantitative estimate of drug-likeness (QED) is 0.498. The molecule has 0 saturated heterocycles. The summed E-state index contributed by atoms with van der Waals surface area (Å²) in [5.74, 6) is -2.22. The lowest BCUT2D eigenvalue weighted by Crippen LogP contribution is -2.43. The van der Waals surface area contributed by atoms with Crippen LogP contribution in [0.4, 0.5) is 0 Å². The van der Waals surface area contributed by atoms with Gasteiger partial charge in [-0.05, 0) is 30.7 Å². The molecule has 4 rings (SSSR count). The van der Waals surface area contributed by atoms with E-state index in [4.69, 9.17) is 18.9 Å². The fourth-order valence-corrected chi connectivity index (χ4v) is 4.31. The van der Waals surface area contributed by atoms with Gasteiger partial charge in [0.2, 0.25) is 5.78 Å². The summed E-state index contributed by atoms with van der Waals surface area (Å²) in [4.78, 5) is 13.7. The first-order chi connectivity index (χ1) is 14.4. The molecule has 2 N–H and O–H groups in total. The van der Waals surface area contributed by atoms with E-state index in [2.05, 4.69) is 0 Å². The number of ketones is 1. The number of phenolic OH excluding ortho intramolecular Hbond substituents is 2. The lowest BCUT2D eigenvalue weighted by molar-refractivity contribution is -0.176. The zero-order valence-electron chi connectivity index (χ0n) is 17.3. The molecule has 30 heavy (non-hydrogen) atoms. The Bertz CT molecular complexity index is 1190. The van der Waals surface area contributed by atoms with Gasteiger partial charge < -0.3 is 29.2 Å². The predicted octanol–water partition coefficient (Wildman–Crippen LogP) is 3.89. The van der Waals surface area contributed by atoms with Crippen LogP contribution in [0.3, 0.4) is 0 Å². The largest absolute Gasteiger partial charge is 0.507 e. The van der Waals surface area contributed by atoms with Gasteiger partial charge in [-0.1, -0.05) is 12.1 Å². The molecule has 1 aliphatic carbocycles. The first-order valence-electron chi connectivity index (χ1n) is 9.25. The molecular weight excluding hydrogens is 388 g/mol. The monoisotopic (exact) mass is 410 g/mol. The Morgan fingerprint density at radius 1 is 0.833 bits per heavy atom. The SMILES string of the molecule is COc1cc(C)cc2c1-c1c(c(O)c3c(OC)cccc3c1O)C(=O)C2(OC)OC. The van der Waals surface area contributed by atoms with Crippen molar-refractivity contribution in [3.05, 3.63) is 47.0 Å². The molecule has 0 atom stereocenters. The minimum atomic E-state index is -1.82. The highest BCUT2D eigenvalue weighted by molar-refractivity contribution is 6.20. The molecule has 0 fully saturated rings. The molecule has 0 aromatic heterocycles. The number of hydrogen-bond acceptors (Lipinski definition) is 7. The number of aromatic hydroxyl groups is 2. The molecule has 0 radical (unpaired) electrons. The van der Waals surface area contributed by atoms with Crippen LogP contribution in [-0.4, -0.2) is 44.4 Å². The summed E-state index contributed by atoms with van der Waals surface area (Å²) in [5.41, 5.74) is 1.65. The topological polar surface area (TPSA) is 94.5 Å². The number of hydrogen-bond donors (Lipinski definition) is 2. The minimum Gasteiger partial charge on any atom is -0.507 e. The molecule has 7 heteroatoms. The third kappa shape index (κ3) is 2.36. The maximum Gasteiger partial charge on any atom is 0.261 e. The summed E-state index contributed by atoms with van der Waals surface area (Å²) < 4.78 is 22.1. The summed E-state index contributed by atoms with van der Waals surface area (Å²) in [6.07, 6.45) is 0. The van der Waals surface area contributed by atoms with E-state index in [0.29, 0.717) is 28.0 Å². The Balaban J connectivity index is 2.29. The van der Waals surface area contributed by atoms with Crippen LogP contribution in [0.25, 0.3) is 21.9 Å². The molecule has 0 spiro atoms. The van der Waals surface area contributed by atoms with Crippen molar-refractivity contribution in [2.75, 3.05) is 28.4 Å². The molecule has 7 nitrogen and oxygen atoms in total. The fourth-order valence-electron chi connectivity index (χ4n) is 4.31. The molecule has 0 bridgehead atoms. The van der Waals surface area contributed by atoms with Gasteiger partial charge in [0, 0.05) is 36.3 Å². The summed E-state index contributed by atoms with van der Waals surface area (Å²) in [6.45, 7) is 1.85. The number of fused-ring (bicyclic) bond motifs is 4. The van der Waals surface area contributed by atoms with E-state index in [-0.39, 0.29) is 28.0 Å². The second-order valence-electron chi connectivity index (χ2n) is 7.07. The third-order valence-corrected chi connectivity index (χ3v) is 5.63. The van der Waals surface area contributed by atoms with E-state index < -0.39 is 11.6 Å². The van der Waals surface area contributed by atoms with E-state index in [1.165, 1.54) is 28.4 Å². The van der Waals surface area contributed by atoms with Gasteiger partial charge in [-0.3, -0.25) is 4.79 Å². The Morgan fingerprint density at radius 2 is 1.50 bits per heavy atom. The normalized spacial score (nSPS) is 14.4. The van der Waals surface area contributed by atoms with Crippen molar-refractivity contribution in [1.29, 1.82) is 0 Å². The highest BCUT2D eigenvalue weighted by Crippen LogP contribution is 2.57. The summed E-state index contributed by atoms with van der Waals surface area (Å²) in [6, 6.07) is 8.50. The molecule has 3 aromatic carbocycles. The van der Waals surface area contributed by atoms with Crippen molar-refractivity contribution in [3.8, 4) is 34.1 Å². The average molecular weight is 410 g/mol. The van der Waals surface area contributed by atoms with Crippen LogP contribution in [0, 0.1) is 6.92 Å². The molecule has 0 heterocycles. The molecule has 0 amide bonds. The van der Waals surface area contributed by atoms with E-state index in [1.807, 2.05) is 6.92 Å². The summed E-state index contributed by atoms with van der Waals surface area (Å²) in [7, 11) is 5.64. The number of aryl methyl sites for hydroxylation is 1. The molecule has 0 aliphatic heterocycles. The van der Waals surface area contributed by atoms with Crippen LogP contribution in [0.1, 0.15) is 21.5 Å². The first kappa shape index (κ1) is 20.0. The van der Waals surface area contributed by atoms with Crippen LogP contribution < -0.4 is 9.47 Å². The van der Waals surface area contributed by atoms with Gasteiger partial charge in [0.05, 0.1) is 25.2 Å². The number of Topliss-reactive ketones (excluding diaryl/α,β-unsaturated/α-hetero) is 1. The van der Waals surface area contributed by atoms with Crippen molar-refractivity contribution >= 4 is 16.6 Å². The molecule has 0 unspecified atom stereocenters. The van der Waals surface area contributed by atoms with Gasteiger partial charge in [-0.2, -0.15) is 0 Å². The van der Waals surface area contributed by atoms with Gasteiger partial charge in [0.1, 0.15) is 23.0 Å².